The van der Waals surface area contributed by atoms with Gasteiger partial charge in [-0.15, -0.1) is 0 Å². The van der Waals surface area contributed by atoms with Crippen LogP contribution in [0.4, 0.5) is 17.1 Å². The summed E-state index contributed by atoms with van der Waals surface area (Å²) < 4.78 is 0. The SMILES string of the molecule is CN(C)c1c(Cl)cccc1NC(=O)c1ccc(Cl)cc1N. The molecule has 110 valence electrons. The molecule has 0 heterocycles. The van der Waals surface area contributed by atoms with Crippen LogP contribution >= 0.6 is 23.2 Å². The van der Waals surface area contributed by atoms with E-state index in [1.54, 1.807) is 36.4 Å². The monoisotopic (exact) mass is 323 g/mol. The van der Waals surface area contributed by atoms with E-state index in [1.807, 2.05) is 19.0 Å². The summed E-state index contributed by atoms with van der Waals surface area (Å²) in [6.45, 7) is 0. The van der Waals surface area contributed by atoms with Crippen LogP contribution in [0.15, 0.2) is 36.4 Å². The second-order valence-electron chi connectivity index (χ2n) is 4.72. The van der Waals surface area contributed by atoms with Crippen molar-refractivity contribution in [3.05, 3.63) is 52.0 Å². The summed E-state index contributed by atoms with van der Waals surface area (Å²) in [7, 11) is 3.71. The maximum absolute atomic E-state index is 12.3. The van der Waals surface area contributed by atoms with Gasteiger partial charge in [0.05, 0.1) is 22.0 Å². The van der Waals surface area contributed by atoms with Gasteiger partial charge in [0.15, 0.2) is 0 Å². The van der Waals surface area contributed by atoms with Crippen LogP contribution in [0.1, 0.15) is 10.4 Å². The van der Waals surface area contributed by atoms with Gasteiger partial charge in [-0.25, -0.2) is 0 Å². The highest BCUT2D eigenvalue weighted by Gasteiger charge is 2.15. The Balaban J connectivity index is 2.34. The highest BCUT2D eigenvalue weighted by molar-refractivity contribution is 6.34. The molecule has 0 unspecified atom stereocenters. The van der Waals surface area contributed by atoms with Gasteiger partial charge in [-0.3, -0.25) is 4.79 Å². The number of carbonyl (C=O) groups is 1. The smallest absolute Gasteiger partial charge is 0.257 e. The van der Waals surface area contributed by atoms with Crippen LogP contribution in [0.2, 0.25) is 10.0 Å². The third kappa shape index (κ3) is 3.40. The van der Waals surface area contributed by atoms with Crippen molar-refractivity contribution in [1.29, 1.82) is 0 Å². The highest BCUT2D eigenvalue weighted by atomic mass is 35.5. The molecular weight excluding hydrogens is 309 g/mol. The number of anilines is 3. The Labute approximate surface area is 133 Å². The number of nitrogen functional groups attached to an aromatic ring is 1. The molecule has 0 spiro atoms. The Morgan fingerprint density at radius 1 is 1.19 bits per heavy atom. The standard InChI is InChI=1S/C15H15Cl2N3O/c1-20(2)14-11(17)4-3-5-13(14)19-15(21)10-7-6-9(16)8-12(10)18/h3-8H,18H2,1-2H3,(H,19,21). The molecule has 4 nitrogen and oxygen atoms in total. The maximum Gasteiger partial charge on any atom is 0.257 e. The number of hydrogen-bond donors (Lipinski definition) is 2. The summed E-state index contributed by atoms with van der Waals surface area (Å²) in [5.41, 5.74) is 7.87. The first-order chi connectivity index (χ1) is 9.90. The van der Waals surface area contributed by atoms with Crippen LogP contribution in [0, 0.1) is 0 Å². The fourth-order valence-corrected chi connectivity index (χ4v) is 2.52. The van der Waals surface area contributed by atoms with E-state index in [1.165, 1.54) is 0 Å². The molecule has 0 atom stereocenters. The second kappa shape index (κ2) is 6.24. The van der Waals surface area contributed by atoms with Gasteiger partial charge in [0.2, 0.25) is 0 Å². The zero-order valence-corrected chi connectivity index (χ0v) is 13.2. The van der Waals surface area contributed by atoms with Crippen molar-refractivity contribution in [2.75, 3.05) is 30.0 Å². The van der Waals surface area contributed by atoms with E-state index in [-0.39, 0.29) is 5.91 Å². The lowest BCUT2D eigenvalue weighted by atomic mass is 10.1. The lowest BCUT2D eigenvalue weighted by Crippen LogP contribution is -2.18. The number of carbonyl (C=O) groups excluding carboxylic acids is 1. The third-order valence-corrected chi connectivity index (χ3v) is 3.48. The lowest BCUT2D eigenvalue weighted by molar-refractivity contribution is 0.102. The maximum atomic E-state index is 12.3. The van der Waals surface area contributed by atoms with Crippen molar-refractivity contribution >= 4 is 46.2 Å². The average Bonchev–Trinajstić information content (AvgIpc) is 2.37. The molecule has 0 bridgehead atoms. The van der Waals surface area contributed by atoms with E-state index in [4.69, 9.17) is 28.9 Å². The number of halogens is 2. The highest BCUT2D eigenvalue weighted by Crippen LogP contribution is 2.33. The minimum absolute atomic E-state index is 0.311. The van der Waals surface area contributed by atoms with Crippen molar-refractivity contribution in [1.82, 2.24) is 0 Å². The molecule has 0 aliphatic heterocycles. The molecule has 0 aliphatic carbocycles. The van der Waals surface area contributed by atoms with Gasteiger partial charge in [-0.05, 0) is 30.3 Å². The molecule has 3 N–H and O–H groups in total. The number of amides is 1. The van der Waals surface area contributed by atoms with Gasteiger partial charge in [0.1, 0.15) is 0 Å². The second-order valence-corrected chi connectivity index (χ2v) is 5.56. The fourth-order valence-electron chi connectivity index (χ4n) is 2.00. The Hall–Kier alpha value is -1.91. The van der Waals surface area contributed by atoms with E-state index in [2.05, 4.69) is 5.32 Å². The summed E-state index contributed by atoms with van der Waals surface area (Å²) in [6, 6.07) is 10.1. The van der Waals surface area contributed by atoms with Crippen LogP contribution in [-0.2, 0) is 0 Å². The number of nitrogens with one attached hydrogen (secondary N) is 1. The number of rotatable bonds is 3. The molecule has 6 heteroatoms. The van der Waals surface area contributed by atoms with Crippen molar-refractivity contribution in [2.45, 2.75) is 0 Å². The van der Waals surface area contributed by atoms with Crippen molar-refractivity contribution in [2.24, 2.45) is 0 Å². The molecule has 21 heavy (non-hydrogen) atoms. The minimum Gasteiger partial charge on any atom is -0.398 e. The van der Waals surface area contributed by atoms with E-state index >= 15 is 0 Å². The van der Waals surface area contributed by atoms with Crippen LogP contribution in [0.5, 0.6) is 0 Å². The van der Waals surface area contributed by atoms with Gasteiger partial charge >= 0.3 is 0 Å². The number of nitrogens with zero attached hydrogens (tertiary/aromatic N) is 1. The van der Waals surface area contributed by atoms with E-state index in [0.717, 1.165) is 5.69 Å². The molecule has 2 rings (SSSR count). The molecule has 2 aromatic rings. The summed E-state index contributed by atoms with van der Waals surface area (Å²) >= 11 is 12.0. The molecule has 0 radical (unpaired) electrons. The Bertz CT molecular complexity index is 687. The molecule has 0 aromatic heterocycles. The normalized spacial score (nSPS) is 10.3. The van der Waals surface area contributed by atoms with Crippen LogP contribution < -0.4 is 16.0 Å². The molecular formula is C15H15Cl2N3O. The quantitative estimate of drug-likeness (QED) is 0.842. The number of nitrogens with two attached hydrogens (primary N) is 1. The number of para-hydroxylation sites is 1. The van der Waals surface area contributed by atoms with Gasteiger partial charge < -0.3 is 16.0 Å². The van der Waals surface area contributed by atoms with E-state index < -0.39 is 0 Å². The Morgan fingerprint density at radius 2 is 1.90 bits per heavy atom. The largest absolute Gasteiger partial charge is 0.398 e. The molecule has 0 fully saturated rings. The van der Waals surface area contributed by atoms with Gasteiger partial charge in [0, 0.05) is 24.8 Å². The summed E-state index contributed by atoms with van der Waals surface area (Å²) in [5.74, 6) is -0.311. The van der Waals surface area contributed by atoms with Crippen LogP contribution in [0.25, 0.3) is 0 Å². The first-order valence-corrected chi connectivity index (χ1v) is 6.98. The average molecular weight is 324 g/mol. The van der Waals surface area contributed by atoms with Crippen molar-refractivity contribution in [3.8, 4) is 0 Å². The van der Waals surface area contributed by atoms with E-state index in [0.29, 0.717) is 27.0 Å². The predicted octanol–water partition coefficient (Wildman–Crippen LogP) is 3.89. The zero-order chi connectivity index (χ0) is 15.6. The summed E-state index contributed by atoms with van der Waals surface area (Å²) in [5, 5.41) is 3.87. The van der Waals surface area contributed by atoms with Crippen molar-refractivity contribution < 1.29 is 4.79 Å². The lowest BCUT2D eigenvalue weighted by Gasteiger charge is -2.19. The van der Waals surface area contributed by atoms with E-state index in [9.17, 15) is 4.79 Å². The summed E-state index contributed by atoms with van der Waals surface area (Å²) in [4.78, 5) is 14.2. The van der Waals surface area contributed by atoms with Crippen LogP contribution in [0.3, 0.4) is 0 Å². The predicted molar refractivity (Wildman–Crippen MR) is 89.6 cm³/mol. The first-order valence-electron chi connectivity index (χ1n) is 6.22. The molecule has 0 aliphatic rings. The Kier molecular flexibility index (Phi) is 4.60. The molecule has 0 saturated carbocycles. The third-order valence-electron chi connectivity index (χ3n) is 2.94. The van der Waals surface area contributed by atoms with Crippen LogP contribution in [-0.4, -0.2) is 20.0 Å². The number of hydrogen-bond acceptors (Lipinski definition) is 3. The number of benzene rings is 2. The van der Waals surface area contributed by atoms with Crippen molar-refractivity contribution in [3.63, 3.8) is 0 Å². The molecule has 2 aromatic carbocycles. The zero-order valence-electron chi connectivity index (χ0n) is 11.7. The first kappa shape index (κ1) is 15.5. The summed E-state index contributed by atoms with van der Waals surface area (Å²) in [6.07, 6.45) is 0. The van der Waals surface area contributed by atoms with Gasteiger partial charge in [-0.2, -0.15) is 0 Å². The fraction of sp³-hybridized carbons (Fsp3) is 0.133. The minimum atomic E-state index is -0.311. The van der Waals surface area contributed by atoms with Gasteiger partial charge in [0.25, 0.3) is 5.91 Å². The van der Waals surface area contributed by atoms with Gasteiger partial charge in [-0.1, -0.05) is 29.3 Å². The molecule has 1 amide bonds. The molecule has 0 saturated heterocycles. The topological polar surface area (TPSA) is 58.4 Å². The Morgan fingerprint density at radius 3 is 2.52 bits per heavy atom.